The summed E-state index contributed by atoms with van der Waals surface area (Å²) in [5, 5.41) is 3.31. The SMILES string of the molecule is CCC1CCCCN1c1ccnc(Nc2ccc(Br)c(C)c2)n1. The van der Waals surface area contributed by atoms with E-state index < -0.39 is 0 Å². The molecule has 0 saturated carbocycles. The molecule has 2 aromatic rings. The van der Waals surface area contributed by atoms with Crippen LogP contribution in [-0.2, 0) is 0 Å². The lowest BCUT2D eigenvalue weighted by molar-refractivity contribution is 0.447. The molecule has 1 atom stereocenters. The highest BCUT2D eigenvalue weighted by Gasteiger charge is 2.22. The zero-order valence-electron chi connectivity index (χ0n) is 13.7. The first-order valence-corrected chi connectivity index (χ1v) is 9.09. The van der Waals surface area contributed by atoms with Gasteiger partial charge < -0.3 is 10.2 Å². The second-order valence-electron chi connectivity index (χ2n) is 6.08. The molecule has 1 aliphatic rings. The Morgan fingerprint density at radius 2 is 2.17 bits per heavy atom. The Balaban J connectivity index is 1.80. The minimum atomic E-state index is 0.599. The molecule has 0 bridgehead atoms. The molecule has 1 aromatic carbocycles. The molecule has 4 nitrogen and oxygen atoms in total. The van der Waals surface area contributed by atoms with Gasteiger partial charge in [-0.15, -0.1) is 0 Å². The number of halogens is 1. The first kappa shape index (κ1) is 16.2. The van der Waals surface area contributed by atoms with E-state index in [-0.39, 0.29) is 0 Å². The molecule has 1 N–H and O–H groups in total. The van der Waals surface area contributed by atoms with Gasteiger partial charge in [0.2, 0.25) is 5.95 Å². The molecule has 1 aromatic heterocycles. The van der Waals surface area contributed by atoms with Crippen LogP contribution in [0, 0.1) is 6.92 Å². The predicted octanol–water partition coefficient (Wildman–Crippen LogP) is 5.06. The zero-order chi connectivity index (χ0) is 16.2. The standard InChI is InChI=1S/C18H23BrN4/c1-3-15-6-4-5-11-23(15)17-9-10-20-18(22-17)21-14-7-8-16(19)13(2)12-14/h7-10,12,15H,3-6,11H2,1-2H3,(H,20,21,22). The lowest BCUT2D eigenvalue weighted by Crippen LogP contribution is -2.39. The van der Waals surface area contributed by atoms with Gasteiger partial charge in [-0.3, -0.25) is 0 Å². The third-order valence-electron chi connectivity index (χ3n) is 4.45. The van der Waals surface area contributed by atoms with Crippen molar-refractivity contribution < 1.29 is 0 Å². The van der Waals surface area contributed by atoms with Gasteiger partial charge in [-0.1, -0.05) is 22.9 Å². The average Bonchev–Trinajstić information content (AvgIpc) is 2.58. The number of anilines is 3. The molecule has 0 radical (unpaired) electrons. The molecule has 1 aliphatic heterocycles. The zero-order valence-corrected chi connectivity index (χ0v) is 15.3. The summed E-state index contributed by atoms with van der Waals surface area (Å²) in [6.45, 7) is 5.42. The van der Waals surface area contributed by atoms with Crippen LogP contribution in [0.5, 0.6) is 0 Å². The summed E-state index contributed by atoms with van der Waals surface area (Å²) in [6.07, 6.45) is 6.84. The Morgan fingerprint density at radius 3 is 2.96 bits per heavy atom. The van der Waals surface area contributed by atoms with Gasteiger partial charge in [0.05, 0.1) is 0 Å². The molecule has 23 heavy (non-hydrogen) atoms. The van der Waals surface area contributed by atoms with Crippen molar-refractivity contribution in [3.63, 3.8) is 0 Å². The third kappa shape index (κ3) is 3.83. The topological polar surface area (TPSA) is 41.1 Å². The van der Waals surface area contributed by atoms with Crippen LogP contribution < -0.4 is 10.2 Å². The number of hydrogen-bond acceptors (Lipinski definition) is 4. The highest BCUT2D eigenvalue weighted by molar-refractivity contribution is 9.10. The van der Waals surface area contributed by atoms with Crippen LogP contribution in [0.1, 0.15) is 38.2 Å². The summed E-state index contributed by atoms with van der Waals surface area (Å²) >= 11 is 3.53. The van der Waals surface area contributed by atoms with E-state index in [1.54, 1.807) is 0 Å². The van der Waals surface area contributed by atoms with Gasteiger partial charge in [0.15, 0.2) is 0 Å². The normalized spacial score (nSPS) is 18.0. The van der Waals surface area contributed by atoms with E-state index in [4.69, 9.17) is 4.98 Å². The van der Waals surface area contributed by atoms with E-state index in [1.165, 1.54) is 31.2 Å². The molecular formula is C18H23BrN4. The first-order valence-electron chi connectivity index (χ1n) is 8.30. The number of nitrogens with zero attached hydrogens (tertiary/aromatic N) is 3. The van der Waals surface area contributed by atoms with Crippen molar-refractivity contribution in [3.05, 3.63) is 40.5 Å². The van der Waals surface area contributed by atoms with Crippen LogP contribution in [0.2, 0.25) is 0 Å². The average molecular weight is 375 g/mol. The summed E-state index contributed by atoms with van der Waals surface area (Å²) in [7, 11) is 0. The minimum Gasteiger partial charge on any atom is -0.353 e. The Hall–Kier alpha value is -1.62. The summed E-state index contributed by atoms with van der Waals surface area (Å²) in [4.78, 5) is 11.5. The fourth-order valence-corrected chi connectivity index (χ4v) is 3.39. The number of aryl methyl sites for hydroxylation is 1. The highest BCUT2D eigenvalue weighted by Crippen LogP contribution is 2.26. The van der Waals surface area contributed by atoms with Crippen molar-refractivity contribution in [3.8, 4) is 0 Å². The lowest BCUT2D eigenvalue weighted by atomic mass is 10.0. The van der Waals surface area contributed by atoms with Gasteiger partial charge in [0.1, 0.15) is 5.82 Å². The molecule has 2 heterocycles. The van der Waals surface area contributed by atoms with Crippen molar-refractivity contribution in [2.75, 3.05) is 16.8 Å². The van der Waals surface area contributed by atoms with Crippen molar-refractivity contribution in [2.45, 2.75) is 45.6 Å². The van der Waals surface area contributed by atoms with Crippen LogP contribution in [0.4, 0.5) is 17.5 Å². The van der Waals surface area contributed by atoms with Gasteiger partial charge in [-0.25, -0.2) is 4.98 Å². The van der Waals surface area contributed by atoms with Crippen LogP contribution in [0.3, 0.4) is 0 Å². The van der Waals surface area contributed by atoms with Crippen LogP contribution in [0.25, 0.3) is 0 Å². The fourth-order valence-electron chi connectivity index (χ4n) is 3.15. The maximum absolute atomic E-state index is 4.73. The summed E-state index contributed by atoms with van der Waals surface area (Å²) < 4.78 is 1.11. The molecule has 0 amide bonds. The minimum absolute atomic E-state index is 0.599. The van der Waals surface area contributed by atoms with E-state index >= 15 is 0 Å². The first-order chi connectivity index (χ1) is 11.2. The number of nitrogens with one attached hydrogen (secondary N) is 1. The molecule has 5 heteroatoms. The molecule has 0 aliphatic carbocycles. The van der Waals surface area contributed by atoms with Crippen molar-refractivity contribution in [1.82, 2.24) is 9.97 Å². The van der Waals surface area contributed by atoms with Gasteiger partial charge in [0, 0.05) is 28.9 Å². The Kier molecular flexibility index (Phi) is 5.16. The van der Waals surface area contributed by atoms with E-state index in [1.807, 2.05) is 24.4 Å². The van der Waals surface area contributed by atoms with E-state index in [2.05, 4.69) is 51.0 Å². The maximum atomic E-state index is 4.73. The summed E-state index contributed by atoms with van der Waals surface area (Å²) in [5.41, 5.74) is 2.20. The number of aromatic nitrogens is 2. The number of hydrogen-bond donors (Lipinski definition) is 1. The van der Waals surface area contributed by atoms with Crippen molar-refractivity contribution in [2.24, 2.45) is 0 Å². The predicted molar refractivity (Wildman–Crippen MR) is 99.5 cm³/mol. The number of piperidine rings is 1. The molecule has 3 rings (SSSR count). The van der Waals surface area contributed by atoms with Crippen LogP contribution >= 0.6 is 15.9 Å². The monoisotopic (exact) mass is 374 g/mol. The van der Waals surface area contributed by atoms with Gasteiger partial charge in [0.25, 0.3) is 0 Å². The van der Waals surface area contributed by atoms with Gasteiger partial charge >= 0.3 is 0 Å². The smallest absolute Gasteiger partial charge is 0.229 e. The van der Waals surface area contributed by atoms with Crippen molar-refractivity contribution in [1.29, 1.82) is 0 Å². The Labute approximate surface area is 146 Å². The lowest BCUT2D eigenvalue weighted by Gasteiger charge is -2.36. The van der Waals surface area contributed by atoms with E-state index in [9.17, 15) is 0 Å². The number of rotatable bonds is 4. The quantitative estimate of drug-likeness (QED) is 0.811. The summed E-state index contributed by atoms with van der Waals surface area (Å²) in [6, 6.07) is 8.78. The molecular weight excluding hydrogens is 352 g/mol. The largest absolute Gasteiger partial charge is 0.353 e. The molecule has 1 saturated heterocycles. The maximum Gasteiger partial charge on any atom is 0.229 e. The molecule has 122 valence electrons. The number of benzene rings is 1. The van der Waals surface area contributed by atoms with Crippen LogP contribution in [0.15, 0.2) is 34.9 Å². The summed E-state index contributed by atoms with van der Waals surface area (Å²) in [5.74, 6) is 1.69. The Bertz CT molecular complexity index is 674. The van der Waals surface area contributed by atoms with Crippen molar-refractivity contribution >= 4 is 33.4 Å². The third-order valence-corrected chi connectivity index (χ3v) is 5.34. The van der Waals surface area contributed by atoms with Gasteiger partial charge in [-0.2, -0.15) is 4.98 Å². The second-order valence-corrected chi connectivity index (χ2v) is 6.93. The molecule has 1 unspecified atom stereocenters. The highest BCUT2D eigenvalue weighted by atomic mass is 79.9. The van der Waals surface area contributed by atoms with Gasteiger partial charge in [-0.05, 0) is 62.4 Å². The molecule has 0 spiro atoms. The fraction of sp³-hybridized carbons (Fsp3) is 0.444. The molecule has 1 fully saturated rings. The second kappa shape index (κ2) is 7.30. The van der Waals surface area contributed by atoms with Crippen LogP contribution in [-0.4, -0.2) is 22.6 Å². The Morgan fingerprint density at radius 1 is 1.30 bits per heavy atom. The van der Waals surface area contributed by atoms with E-state index in [0.717, 1.165) is 22.5 Å². The van der Waals surface area contributed by atoms with E-state index in [0.29, 0.717) is 12.0 Å².